The molecule has 0 bridgehead atoms. The van der Waals surface area contributed by atoms with Gasteiger partial charge in [0.15, 0.2) is 15.7 Å². The summed E-state index contributed by atoms with van der Waals surface area (Å²) < 4.78 is 50.9. The van der Waals surface area contributed by atoms with Gasteiger partial charge in [-0.3, -0.25) is 0 Å². The van der Waals surface area contributed by atoms with E-state index in [4.69, 9.17) is 61.4 Å². The standard InChI is InChI=1S/C31H25ClN2O3.C26H27ClN2O2.C23H28N2O.C23H33NS.C19H21N3O2S/c1-17-9-7-13-24(32)26(17)29-33-30(37-34-29)23-16-18(31(2,3)4)15-22(27(23)35)21-12-8-11-20-19-10-5-6-14-25(19)36-28(20)21;1-16-10-9-13-21(27)22(16)24-28-25(31-29-24)20-15-18(26(2,3)4)14-19(23(20)30-5)17-11-7-6-8-12-17;1-4-5-13-19(16-18-11-7-6-8-12-18)23-24-21(17-25(23)2)20-14-9-10-15-22(20)26-3;1-3-18(4-2)15-16-21(19-11-7-5-8-12-19)22-17-25-23(24-22)20-13-9-6-10-14-20;1-14-9-11-18(12-10-14)25(23,24)13-15(2)19-16(3)20-22(21-19)17-7-5-4-6-8-17/h5-16,35H,1-4H3;6-15,25H,1-5H3,(H,28,29);6-12,14-15,17,19H,4-5,13,16H2,1-3H3;6,9-10,13-14,17-19,21H,3-5,7-8,11-12,15-16H2,1-2H3;4-12,15H,13H2,1-3H3. The van der Waals surface area contributed by atoms with Crippen LogP contribution in [0.5, 0.6) is 17.2 Å². The van der Waals surface area contributed by atoms with Gasteiger partial charge in [0.1, 0.15) is 39.2 Å². The van der Waals surface area contributed by atoms with Gasteiger partial charge in [0, 0.05) is 91.7 Å². The van der Waals surface area contributed by atoms with Crippen molar-refractivity contribution in [2.45, 2.75) is 220 Å². The van der Waals surface area contributed by atoms with Crippen LogP contribution in [0.1, 0.15) is 238 Å². The number of aromatic hydroxyl groups is 1. The molecule has 2 aliphatic rings. The number of nitrogens with zero attached hydrogens (tertiary/aromatic N) is 9. The Kier molecular flexibility index (Phi) is 35.1. The van der Waals surface area contributed by atoms with Crippen LogP contribution in [-0.4, -0.2) is 79.0 Å². The number of halogens is 2. The van der Waals surface area contributed by atoms with Gasteiger partial charge in [-0.05, 0) is 201 Å². The van der Waals surface area contributed by atoms with Crippen LogP contribution in [-0.2, 0) is 39.0 Å². The van der Waals surface area contributed by atoms with Gasteiger partial charge in [-0.25, -0.2) is 33.7 Å². The molecule has 144 heavy (non-hydrogen) atoms. The summed E-state index contributed by atoms with van der Waals surface area (Å²) in [4.78, 5) is 27.4. The van der Waals surface area contributed by atoms with Crippen molar-refractivity contribution in [2.24, 2.45) is 23.9 Å². The minimum Gasteiger partial charge on any atom is -0.506 e. The number of hydrogen-bond donors (Lipinski definition) is 2. The zero-order chi connectivity index (χ0) is 102. The SMILES string of the molecule is CCC(CC)CCC(c1csc(-c2ccccc2)n1)C1CCCCC1.CCCCC(Cc1ccccc1)c1nc(-c2ccccc2OC)cn1C.COc1c(-c2ccccc2)cc(C(C)(C)C)cc1C1N=C(c2c(C)cccc2Cl)NO1.Cc1ccc(S(=O)(=O)CC(C)c2nn(-c3ccccc3)nc2C)cc1.Cc1cccc(Cl)c1-c1noc(-c2cc(C(C)(C)C)cc(-c3cccc4c3oc3ccccc34)c2O)n1. The van der Waals surface area contributed by atoms with Crippen LogP contribution in [0.2, 0.25) is 10.0 Å². The summed E-state index contributed by atoms with van der Waals surface area (Å²) in [5.74, 6) is 6.64. The lowest BCUT2D eigenvalue weighted by Gasteiger charge is -2.30. The van der Waals surface area contributed by atoms with Crippen LogP contribution in [0.3, 0.4) is 0 Å². The fourth-order valence-electron chi connectivity index (χ4n) is 19.3. The molecule has 746 valence electrons. The van der Waals surface area contributed by atoms with Crippen molar-refractivity contribution in [1.82, 2.24) is 45.1 Å². The largest absolute Gasteiger partial charge is 0.506 e. The number of phenolic OH excluding ortho intramolecular Hbond substituents is 1. The number of rotatable bonds is 28. The number of nitrogens with one attached hydrogen (secondary N) is 1. The molecule has 1 saturated carbocycles. The Morgan fingerprint density at radius 1 is 0.597 bits per heavy atom. The number of thiazole rings is 1. The van der Waals surface area contributed by atoms with Gasteiger partial charge in [0.05, 0.1) is 68.9 Å². The van der Waals surface area contributed by atoms with E-state index >= 15 is 0 Å². The number of phenols is 1. The highest BCUT2D eigenvalue weighted by Crippen LogP contribution is 2.49. The number of ether oxygens (including phenoxy) is 2. The average Bonchev–Trinajstić information content (AvgIpc) is 1.55. The number of methoxy groups -OCH3 is 2. The van der Waals surface area contributed by atoms with E-state index in [9.17, 15) is 13.5 Å². The number of benzene rings is 12. The van der Waals surface area contributed by atoms with E-state index in [1.54, 1.807) is 37.2 Å². The lowest BCUT2D eigenvalue weighted by Crippen LogP contribution is -2.19. The molecule has 1 fully saturated rings. The van der Waals surface area contributed by atoms with Crippen molar-refractivity contribution >= 4 is 72.2 Å². The first-order chi connectivity index (χ1) is 69.4. The monoisotopic (exact) mass is 2000 g/mol. The van der Waals surface area contributed by atoms with Crippen LogP contribution in [0.15, 0.2) is 303 Å². The summed E-state index contributed by atoms with van der Waals surface area (Å²) in [7, 11) is 2.13. The van der Waals surface area contributed by atoms with Crippen LogP contribution in [0.4, 0.5) is 0 Å². The number of hydroxylamine groups is 1. The lowest BCUT2D eigenvalue weighted by molar-refractivity contribution is 0.0362. The number of unbranched alkanes of at least 4 members (excludes halogenated alkanes) is 1. The summed E-state index contributed by atoms with van der Waals surface area (Å²) in [6, 6.07) is 89.8. The van der Waals surface area contributed by atoms with Gasteiger partial charge in [-0.15, -0.1) is 11.3 Å². The maximum absolute atomic E-state index is 12.7. The van der Waals surface area contributed by atoms with Gasteiger partial charge in [-0.1, -0.05) is 342 Å². The van der Waals surface area contributed by atoms with Crippen molar-refractivity contribution in [2.75, 3.05) is 20.0 Å². The first-order valence-electron chi connectivity index (χ1n) is 50.3. The molecule has 0 amide bonds. The zero-order valence-electron chi connectivity index (χ0n) is 85.9. The van der Waals surface area contributed by atoms with Crippen LogP contribution in [0.25, 0.3) is 94.6 Å². The molecule has 4 atom stereocenters. The highest BCUT2D eigenvalue weighted by atomic mass is 35.5. The van der Waals surface area contributed by atoms with E-state index in [1.807, 2.05) is 210 Å². The maximum Gasteiger partial charge on any atom is 0.262 e. The van der Waals surface area contributed by atoms with E-state index < -0.39 is 16.1 Å². The van der Waals surface area contributed by atoms with Gasteiger partial charge in [-0.2, -0.15) is 20.0 Å². The molecule has 4 unspecified atom stereocenters. The predicted octanol–water partition coefficient (Wildman–Crippen LogP) is 32.3. The number of imidazole rings is 1. The smallest absolute Gasteiger partial charge is 0.262 e. The molecule has 0 spiro atoms. The summed E-state index contributed by atoms with van der Waals surface area (Å²) >= 11 is 14.7. The number of aromatic nitrogens is 8. The fraction of sp³-hybridized carbons (Fsp3) is 0.320. The Labute approximate surface area is 863 Å². The molecule has 6 heterocycles. The molecule has 19 rings (SSSR count). The molecule has 5 aromatic heterocycles. The van der Waals surface area contributed by atoms with E-state index in [-0.39, 0.29) is 34.1 Å². The second kappa shape index (κ2) is 48.1. The van der Waals surface area contributed by atoms with E-state index in [2.05, 4.69) is 202 Å². The Balaban J connectivity index is 0.000000137. The Morgan fingerprint density at radius 2 is 1.19 bits per heavy atom. The van der Waals surface area contributed by atoms with E-state index in [0.29, 0.717) is 66.4 Å². The second-order valence-electron chi connectivity index (χ2n) is 39.9. The number of hydrogen-bond acceptors (Lipinski definition) is 17. The van der Waals surface area contributed by atoms with Crippen LogP contribution >= 0.6 is 34.5 Å². The number of para-hydroxylation sites is 4. The quantitative estimate of drug-likeness (QED) is 0.0466. The summed E-state index contributed by atoms with van der Waals surface area (Å²) in [6.45, 7) is 29.5. The molecule has 1 aliphatic heterocycles. The fourth-order valence-corrected chi connectivity index (χ4v) is 22.3. The first-order valence-corrected chi connectivity index (χ1v) is 53.6. The number of fused-ring (bicyclic) bond motifs is 3. The van der Waals surface area contributed by atoms with Crippen molar-refractivity contribution in [1.29, 1.82) is 0 Å². The highest BCUT2D eigenvalue weighted by Gasteiger charge is 2.34. The van der Waals surface area contributed by atoms with Gasteiger partial charge >= 0.3 is 0 Å². The number of furan rings is 1. The lowest BCUT2D eigenvalue weighted by atomic mass is 9.75. The topological polar surface area (TPSA) is 220 Å². The van der Waals surface area contributed by atoms with Gasteiger partial charge in [0.2, 0.25) is 12.1 Å². The van der Waals surface area contributed by atoms with Crippen LogP contribution in [0, 0.1) is 39.5 Å². The first kappa shape index (κ1) is 105. The Morgan fingerprint density at radius 3 is 1.85 bits per heavy atom. The molecule has 18 nitrogen and oxygen atoms in total. The third kappa shape index (κ3) is 25.4. The molecular weight excluding hydrogens is 1870 g/mol. The zero-order valence-corrected chi connectivity index (χ0v) is 89.0. The maximum atomic E-state index is 12.7. The normalized spacial score (nSPS) is 13.9. The summed E-state index contributed by atoms with van der Waals surface area (Å²) in [5.41, 5.74) is 24.2. The third-order valence-corrected chi connectivity index (χ3v) is 30.9. The molecule has 12 aromatic carbocycles. The number of sulfone groups is 1. The minimum atomic E-state index is -3.37. The second-order valence-corrected chi connectivity index (χ2v) is 43.6. The molecule has 17 aromatic rings. The van der Waals surface area contributed by atoms with E-state index in [0.717, 1.165) is 131 Å². The van der Waals surface area contributed by atoms with Crippen molar-refractivity contribution < 1.29 is 36.8 Å². The van der Waals surface area contributed by atoms with E-state index in [1.165, 1.54) is 98.0 Å². The Bertz CT molecular complexity index is 7260. The van der Waals surface area contributed by atoms with Crippen molar-refractivity contribution in [3.63, 3.8) is 0 Å². The van der Waals surface area contributed by atoms with Gasteiger partial charge < -0.3 is 28.1 Å². The minimum absolute atomic E-state index is 0.00435. The average molecular weight is 2000 g/mol. The third-order valence-electron chi connectivity index (χ3n) is 27.5. The number of amidine groups is 1. The molecule has 22 heteroatoms. The van der Waals surface area contributed by atoms with Crippen molar-refractivity contribution in [3.8, 4) is 89.9 Å². The molecule has 1 aliphatic carbocycles. The molecule has 0 radical (unpaired) electrons. The number of aryl methyl sites for hydroxylation is 5. The Hall–Kier alpha value is -13.1. The number of aliphatic imine (C=N–C) groups is 1. The van der Waals surface area contributed by atoms with Crippen molar-refractivity contribution in [3.05, 3.63) is 362 Å². The summed E-state index contributed by atoms with van der Waals surface area (Å²) in [5, 5.41) is 31.5. The molecule has 2 N–H and O–H groups in total. The summed E-state index contributed by atoms with van der Waals surface area (Å²) in [6.07, 6.45) is 18.6. The highest BCUT2D eigenvalue weighted by molar-refractivity contribution is 7.91. The van der Waals surface area contributed by atoms with Crippen LogP contribution < -0.4 is 15.0 Å². The van der Waals surface area contributed by atoms with Gasteiger partial charge in [0.25, 0.3) is 5.89 Å². The molecule has 0 saturated heterocycles. The molecular formula is C122H134Cl2N10O8S2. The predicted molar refractivity (Wildman–Crippen MR) is 590 cm³/mol.